The van der Waals surface area contributed by atoms with Crippen LogP contribution < -0.4 is 15.4 Å². The minimum atomic E-state index is -0.471. The van der Waals surface area contributed by atoms with Crippen LogP contribution in [0.5, 0.6) is 5.75 Å². The van der Waals surface area contributed by atoms with Crippen molar-refractivity contribution in [2.24, 2.45) is 5.92 Å². The number of rotatable bonds is 6. The number of carbonyl (C=O) groups is 4. The lowest BCUT2D eigenvalue weighted by Gasteiger charge is -2.20. The van der Waals surface area contributed by atoms with Gasteiger partial charge in [-0.2, -0.15) is 0 Å². The van der Waals surface area contributed by atoms with Gasteiger partial charge in [0.2, 0.25) is 11.8 Å². The summed E-state index contributed by atoms with van der Waals surface area (Å²) in [7, 11) is 0. The molecule has 1 aliphatic heterocycles. The van der Waals surface area contributed by atoms with Gasteiger partial charge in [0.15, 0.2) is 0 Å². The van der Waals surface area contributed by atoms with E-state index in [1.165, 1.54) is 13.0 Å². The summed E-state index contributed by atoms with van der Waals surface area (Å²) in [5.74, 6) is -1.23. The van der Waals surface area contributed by atoms with E-state index >= 15 is 0 Å². The van der Waals surface area contributed by atoms with Crippen LogP contribution in [0.15, 0.2) is 48.5 Å². The summed E-state index contributed by atoms with van der Waals surface area (Å²) in [6, 6.07) is 13.1. The van der Waals surface area contributed by atoms with Gasteiger partial charge in [-0.1, -0.05) is 12.1 Å². The summed E-state index contributed by atoms with van der Waals surface area (Å²) in [5.41, 5.74) is 1.34. The third-order valence-corrected chi connectivity index (χ3v) is 4.90. The van der Waals surface area contributed by atoms with E-state index in [2.05, 4.69) is 10.6 Å². The molecule has 1 heterocycles. The number of nitrogens with zero attached hydrogens (tertiary/aromatic N) is 1. The fourth-order valence-corrected chi connectivity index (χ4v) is 3.40. The van der Waals surface area contributed by atoms with Crippen LogP contribution in [-0.4, -0.2) is 41.2 Å². The molecule has 8 heteroatoms. The SMILES string of the molecule is CC(=O)Oc1cccc(C(=O)Nc2cccc(NC(=O)C3CC(=O)N(C(C)C)C3)c2)c1. The molecule has 2 aromatic carbocycles. The zero-order valence-electron chi connectivity index (χ0n) is 17.7. The van der Waals surface area contributed by atoms with E-state index in [0.717, 1.165) is 0 Å². The lowest BCUT2D eigenvalue weighted by molar-refractivity contribution is -0.132. The number of anilines is 2. The van der Waals surface area contributed by atoms with Crippen LogP contribution in [-0.2, 0) is 14.4 Å². The summed E-state index contributed by atoms with van der Waals surface area (Å²) in [4.78, 5) is 50.0. The summed E-state index contributed by atoms with van der Waals surface area (Å²) in [5, 5.41) is 5.58. The Bertz CT molecular complexity index is 1020. The predicted octanol–water partition coefficient (Wildman–Crippen LogP) is 3.06. The van der Waals surface area contributed by atoms with E-state index in [9.17, 15) is 19.2 Å². The Morgan fingerprint density at radius 3 is 2.35 bits per heavy atom. The Hall–Kier alpha value is -3.68. The molecule has 2 N–H and O–H groups in total. The van der Waals surface area contributed by atoms with E-state index in [4.69, 9.17) is 4.74 Å². The number of hydrogen-bond acceptors (Lipinski definition) is 5. The summed E-state index contributed by atoms with van der Waals surface area (Å²) >= 11 is 0. The first-order valence-electron chi connectivity index (χ1n) is 10.0. The minimum Gasteiger partial charge on any atom is -0.427 e. The molecule has 0 saturated carbocycles. The van der Waals surface area contributed by atoms with Crippen molar-refractivity contribution >= 4 is 35.1 Å². The predicted molar refractivity (Wildman–Crippen MR) is 116 cm³/mol. The van der Waals surface area contributed by atoms with Crippen molar-refractivity contribution in [1.29, 1.82) is 0 Å². The van der Waals surface area contributed by atoms with Crippen molar-refractivity contribution in [2.45, 2.75) is 33.2 Å². The number of amides is 3. The molecular weight excluding hydrogens is 398 g/mol. The molecule has 8 nitrogen and oxygen atoms in total. The van der Waals surface area contributed by atoms with Crippen molar-refractivity contribution in [3.05, 3.63) is 54.1 Å². The fraction of sp³-hybridized carbons (Fsp3) is 0.304. The third-order valence-electron chi connectivity index (χ3n) is 4.90. The molecule has 1 fully saturated rings. The number of esters is 1. The van der Waals surface area contributed by atoms with Gasteiger partial charge in [-0.25, -0.2) is 0 Å². The van der Waals surface area contributed by atoms with Gasteiger partial charge in [-0.15, -0.1) is 0 Å². The van der Waals surface area contributed by atoms with Gasteiger partial charge in [-0.3, -0.25) is 19.2 Å². The Balaban J connectivity index is 1.64. The molecule has 0 radical (unpaired) electrons. The second-order valence-electron chi connectivity index (χ2n) is 7.69. The highest BCUT2D eigenvalue weighted by molar-refractivity contribution is 6.05. The molecular formula is C23H25N3O5. The zero-order valence-corrected chi connectivity index (χ0v) is 17.7. The van der Waals surface area contributed by atoms with Crippen molar-refractivity contribution in [3.8, 4) is 5.75 Å². The Morgan fingerprint density at radius 2 is 1.71 bits per heavy atom. The molecule has 1 unspecified atom stereocenters. The lowest BCUT2D eigenvalue weighted by Crippen LogP contribution is -2.33. The summed E-state index contributed by atoms with van der Waals surface area (Å²) < 4.78 is 5.00. The second-order valence-corrected chi connectivity index (χ2v) is 7.69. The standard InChI is InChI=1S/C23H25N3O5/c1-14(2)26-13-17(11-21(26)28)23(30)25-19-8-5-7-18(12-19)24-22(29)16-6-4-9-20(10-16)31-15(3)27/h4-10,12,14,17H,11,13H2,1-3H3,(H,24,29)(H,25,30). The third kappa shape index (κ3) is 5.69. The quantitative estimate of drug-likeness (QED) is 0.549. The molecule has 2 aromatic rings. The maximum absolute atomic E-state index is 12.6. The summed E-state index contributed by atoms with van der Waals surface area (Å²) in [6.07, 6.45) is 0.194. The molecule has 3 rings (SSSR count). The lowest BCUT2D eigenvalue weighted by atomic mass is 10.1. The van der Waals surface area contributed by atoms with Crippen molar-refractivity contribution in [3.63, 3.8) is 0 Å². The highest BCUT2D eigenvalue weighted by Gasteiger charge is 2.35. The average molecular weight is 423 g/mol. The van der Waals surface area contributed by atoms with Gasteiger partial charge in [-0.05, 0) is 50.2 Å². The topological polar surface area (TPSA) is 105 Å². The molecule has 1 aliphatic rings. The van der Waals surface area contributed by atoms with Crippen molar-refractivity contribution in [2.75, 3.05) is 17.2 Å². The Labute approximate surface area is 180 Å². The minimum absolute atomic E-state index is 0.0212. The summed E-state index contributed by atoms with van der Waals surface area (Å²) in [6.45, 7) is 5.53. The molecule has 0 bridgehead atoms. The van der Waals surface area contributed by atoms with Crippen LogP contribution >= 0.6 is 0 Å². The largest absolute Gasteiger partial charge is 0.427 e. The first-order chi connectivity index (χ1) is 14.7. The van der Waals surface area contributed by atoms with Crippen LogP contribution in [0.3, 0.4) is 0 Å². The van der Waals surface area contributed by atoms with Crippen LogP contribution in [0, 0.1) is 5.92 Å². The van der Waals surface area contributed by atoms with Crippen molar-refractivity contribution < 1.29 is 23.9 Å². The van der Waals surface area contributed by atoms with Gasteiger partial charge in [0.25, 0.3) is 5.91 Å². The van der Waals surface area contributed by atoms with Gasteiger partial charge in [0, 0.05) is 42.9 Å². The van der Waals surface area contributed by atoms with Crippen LogP contribution in [0.4, 0.5) is 11.4 Å². The Morgan fingerprint density at radius 1 is 1.03 bits per heavy atom. The number of likely N-dealkylation sites (tertiary alicyclic amines) is 1. The maximum Gasteiger partial charge on any atom is 0.308 e. The monoisotopic (exact) mass is 423 g/mol. The highest BCUT2D eigenvalue weighted by atomic mass is 16.5. The Kier molecular flexibility index (Phi) is 6.69. The zero-order chi connectivity index (χ0) is 22.5. The number of carbonyl (C=O) groups excluding carboxylic acids is 4. The van der Waals surface area contributed by atoms with Crippen LogP contribution in [0.1, 0.15) is 37.6 Å². The van der Waals surface area contributed by atoms with Crippen LogP contribution in [0.2, 0.25) is 0 Å². The van der Waals surface area contributed by atoms with Crippen LogP contribution in [0.25, 0.3) is 0 Å². The molecule has 0 spiro atoms. The number of ether oxygens (including phenoxy) is 1. The van der Waals surface area contributed by atoms with E-state index in [0.29, 0.717) is 23.5 Å². The molecule has 31 heavy (non-hydrogen) atoms. The molecule has 0 aromatic heterocycles. The molecule has 1 saturated heterocycles. The number of benzene rings is 2. The van der Waals surface area contributed by atoms with Gasteiger partial charge >= 0.3 is 5.97 Å². The second kappa shape index (κ2) is 9.42. The normalized spacial score (nSPS) is 15.7. The average Bonchev–Trinajstić information content (AvgIpc) is 3.10. The van der Waals surface area contributed by atoms with E-state index in [1.807, 2.05) is 13.8 Å². The smallest absolute Gasteiger partial charge is 0.308 e. The van der Waals surface area contributed by atoms with Gasteiger partial charge in [0.05, 0.1) is 5.92 Å². The molecule has 162 valence electrons. The van der Waals surface area contributed by atoms with Gasteiger partial charge in [0.1, 0.15) is 5.75 Å². The number of hydrogen-bond donors (Lipinski definition) is 2. The first kappa shape index (κ1) is 22.0. The van der Waals surface area contributed by atoms with E-state index in [1.54, 1.807) is 47.4 Å². The van der Waals surface area contributed by atoms with E-state index in [-0.39, 0.29) is 35.9 Å². The van der Waals surface area contributed by atoms with Gasteiger partial charge < -0.3 is 20.3 Å². The molecule has 3 amide bonds. The first-order valence-corrected chi connectivity index (χ1v) is 10.0. The number of nitrogens with one attached hydrogen (secondary N) is 2. The maximum atomic E-state index is 12.6. The van der Waals surface area contributed by atoms with E-state index < -0.39 is 11.9 Å². The molecule has 1 atom stereocenters. The van der Waals surface area contributed by atoms with Crippen molar-refractivity contribution in [1.82, 2.24) is 4.90 Å². The fourth-order valence-electron chi connectivity index (χ4n) is 3.40. The highest BCUT2D eigenvalue weighted by Crippen LogP contribution is 2.23. The molecule has 0 aliphatic carbocycles.